The first-order valence-electron chi connectivity index (χ1n) is 7.15. The number of nitrogens with one attached hydrogen (secondary N) is 2. The summed E-state index contributed by atoms with van der Waals surface area (Å²) < 4.78 is 4.59. The average Bonchev–Trinajstić information content (AvgIpc) is 2.99. The van der Waals surface area contributed by atoms with Gasteiger partial charge < -0.3 is 20.3 Å². The Morgan fingerprint density at radius 3 is 2.67 bits per heavy atom. The minimum Gasteiger partial charge on any atom is -0.481 e. The van der Waals surface area contributed by atoms with Crippen LogP contribution in [0.2, 0.25) is 0 Å². The van der Waals surface area contributed by atoms with Crippen molar-refractivity contribution in [1.29, 1.82) is 0 Å². The molecule has 0 aliphatic heterocycles. The Morgan fingerprint density at radius 2 is 2.05 bits per heavy atom. The highest BCUT2D eigenvalue weighted by molar-refractivity contribution is 5.73. The van der Waals surface area contributed by atoms with Crippen LogP contribution in [0.5, 0.6) is 0 Å². The van der Waals surface area contributed by atoms with Crippen LogP contribution < -0.4 is 10.6 Å². The third kappa shape index (κ3) is 5.05. The van der Waals surface area contributed by atoms with E-state index in [1.807, 2.05) is 0 Å². The van der Waals surface area contributed by atoms with Gasteiger partial charge in [0.2, 0.25) is 6.39 Å². The molecule has 8 nitrogen and oxygen atoms in total. The van der Waals surface area contributed by atoms with Gasteiger partial charge in [-0.05, 0) is 31.6 Å². The molecule has 8 heteroatoms. The van der Waals surface area contributed by atoms with Crippen molar-refractivity contribution in [3.8, 4) is 0 Å². The maximum absolute atomic E-state index is 11.6. The predicted molar refractivity (Wildman–Crippen MR) is 72.5 cm³/mol. The lowest BCUT2D eigenvalue weighted by molar-refractivity contribution is -0.143. The van der Waals surface area contributed by atoms with Crippen molar-refractivity contribution in [3.63, 3.8) is 0 Å². The zero-order valence-electron chi connectivity index (χ0n) is 11.7. The van der Waals surface area contributed by atoms with Gasteiger partial charge in [-0.15, -0.1) is 0 Å². The van der Waals surface area contributed by atoms with E-state index < -0.39 is 5.97 Å². The summed E-state index contributed by atoms with van der Waals surface area (Å²) in [6.07, 6.45) is 4.86. The minimum absolute atomic E-state index is 0.218. The highest BCUT2D eigenvalue weighted by atomic mass is 16.5. The van der Waals surface area contributed by atoms with E-state index in [0.29, 0.717) is 44.1 Å². The highest BCUT2D eigenvalue weighted by Crippen LogP contribution is 2.28. The van der Waals surface area contributed by atoms with Crippen LogP contribution in [0.3, 0.4) is 0 Å². The monoisotopic (exact) mass is 296 g/mol. The Kier molecular flexibility index (Phi) is 5.53. The van der Waals surface area contributed by atoms with Crippen molar-refractivity contribution in [2.75, 3.05) is 13.1 Å². The van der Waals surface area contributed by atoms with Gasteiger partial charge in [0.1, 0.15) is 0 Å². The van der Waals surface area contributed by atoms with Crippen molar-refractivity contribution in [1.82, 2.24) is 20.8 Å². The first-order chi connectivity index (χ1) is 10.1. The van der Waals surface area contributed by atoms with Gasteiger partial charge in [-0.1, -0.05) is 5.16 Å². The van der Waals surface area contributed by atoms with Crippen molar-refractivity contribution in [2.24, 2.45) is 11.8 Å². The number of hydrogen-bond donors (Lipinski definition) is 3. The molecule has 1 aliphatic rings. The molecule has 1 fully saturated rings. The van der Waals surface area contributed by atoms with Crippen LogP contribution in [-0.4, -0.2) is 40.3 Å². The Hall–Kier alpha value is -2.12. The number of aromatic nitrogens is 2. The molecule has 0 unspecified atom stereocenters. The van der Waals surface area contributed by atoms with Crippen LogP contribution >= 0.6 is 0 Å². The van der Waals surface area contributed by atoms with Crippen LogP contribution in [0, 0.1) is 11.8 Å². The third-order valence-corrected chi connectivity index (χ3v) is 3.79. The lowest BCUT2D eigenvalue weighted by Crippen LogP contribution is -2.40. The second kappa shape index (κ2) is 7.61. The SMILES string of the molecule is O=C(NCCc1ncon1)NCC1CCC(C(=O)O)CC1. The Bertz CT molecular complexity index is 455. The molecule has 3 N–H and O–H groups in total. The van der Waals surface area contributed by atoms with Gasteiger partial charge in [0.05, 0.1) is 5.92 Å². The smallest absolute Gasteiger partial charge is 0.314 e. The number of aliphatic carboxylic acids is 1. The molecule has 1 aromatic heterocycles. The molecule has 0 saturated heterocycles. The van der Waals surface area contributed by atoms with Crippen molar-refractivity contribution in [3.05, 3.63) is 12.2 Å². The zero-order chi connectivity index (χ0) is 15.1. The standard InChI is InChI=1S/C13H20N4O4/c18-12(19)10-3-1-9(2-4-10)7-15-13(20)14-6-5-11-16-8-21-17-11/h8-10H,1-7H2,(H,18,19)(H2,14,15,20). The topological polar surface area (TPSA) is 117 Å². The van der Waals surface area contributed by atoms with Crippen molar-refractivity contribution >= 4 is 12.0 Å². The molecule has 0 spiro atoms. The van der Waals surface area contributed by atoms with Crippen LogP contribution in [0.25, 0.3) is 0 Å². The number of carboxylic acid groups (broad SMARTS) is 1. The number of hydrogen-bond acceptors (Lipinski definition) is 5. The second-order valence-electron chi connectivity index (χ2n) is 5.29. The molecule has 116 valence electrons. The number of carbonyl (C=O) groups excluding carboxylic acids is 1. The van der Waals surface area contributed by atoms with E-state index in [0.717, 1.165) is 12.8 Å². The van der Waals surface area contributed by atoms with E-state index in [1.54, 1.807) is 0 Å². The normalized spacial score (nSPS) is 21.7. The molecule has 21 heavy (non-hydrogen) atoms. The van der Waals surface area contributed by atoms with Crippen LogP contribution in [0.4, 0.5) is 4.79 Å². The zero-order valence-corrected chi connectivity index (χ0v) is 11.7. The highest BCUT2D eigenvalue weighted by Gasteiger charge is 2.25. The summed E-state index contributed by atoms with van der Waals surface area (Å²) in [6.45, 7) is 1.03. The largest absolute Gasteiger partial charge is 0.481 e. The van der Waals surface area contributed by atoms with E-state index in [1.165, 1.54) is 6.39 Å². The molecule has 0 bridgehead atoms. The van der Waals surface area contributed by atoms with Crippen LogP contribution in [0.15, 0.2) is 10.9 Å². The summed E-state index contributed by atoms with van der Waals surface area (Å²) in [7, 11) is 0. The number of nitrogens with zero attached hydrogens (tertiary/aromatic N) is 2. The molecule has 1 heterocycles. The lowest BCUT2D eigenvalue weighted by atomic mass is 9.82. The van der Waals surface area contributed by atoms with Gasteiger partial charge in [0, 0.05) is 19.5 Å². The number of carboxylic acids is 1. The third-order valence-electron chi connectivity index (χ3n) is 3.79. The molecule has 0 radical (unpaired) electrons. The van der Waals surface area contributed by atoms with E-state index >= 15 is 0 Å². The first-order valence-corrected chi connectivity index (χ1v) is 7.15. The maximum Gasteiger partial charge on any atom is 0.314 e. The van der Waals surface area contributed by atoms with Crippen molar-refractivity contribution < 1.29 is 19.2 Å². The quantitative estimate of drug-likeness (QED) is 0.715. The van der Waals surface area contributed by atoms with E-state index in [2.05, 4.69) is 25.3 Å². The van der Waals surface area contributed by atoms with E-state index in [-0.39, 0.29) is 11.9 Å². The van der Waals surface area contributed by atoms with Crippen molar-refractivity contribution in [2.45, 2.75) is 32.1 Å². The Morgan fingerprint density at radius 1 is 1.29 bits per heavy atom. The van der Waals surface area contributed by atoms with E-state index in [9.17, 15) is 9.59 Å². The lowest BCUT2D eigenvalue weighted by Gasteiger charge is -2.26. The molecule has 1 aromatic rings. The summed E-state index contributed by atoms with van der Waals surface area (Å²) in [5, 5.41) is 18.1. The summed E-state index contributed by atoms with van der Waals surface area (Å²) >= 11 is 0. The van der Waals surface area contributed by atoms with Crippen LogP contribution in [0.1, 0.15) is 31.5 Å². The number of amides is 2. The number of rotatable bonds is 6. The molecule has 1 aliphatic carbocycles. The average molecular weight is 296 g/mol. The fourth-order valence-corrected chi connectivity index (χ4v) is 2.50. The van der Waals surface area contributed by atoms with Gasteiger partial charge in [0.15, 0.2) is 5.82 Å². The summed E-state index contributed by atoms with van der Waals surface area (Å²) in [4.78, 5) is 26.3. The summed E-state index contributed by atoms with van der Waals surface area (Å²) in [5.41, 5.74) is 0. The molecule has 2 rings (SSSR count). The van der Waals surface area contributed by atoms with Gasteiger partial charge in [-0.25, -0.2) is 4.79 Å². The van der Waals surface area contributed by atoms with Gasteiger partial charge >= 0.3 is 12.0 Å². The minimum atomic E-state index is -0.708. The molecule has 1 saturated carbocycles. The molecular weight excluding hydrogens is 276 g/mol. The fraction of sp³-hybridized carbons (Fsp3) is 0.692. The molecular formula is C13H20N4O4. The van der Waals surface area contributed by atoms with E-state index in [4.69, 9.17) is 5.11 Å². The maximum atomic E-state index is 11.6. The Labute approximate surface area is 122 Å². The molecule has 0 aromatic carbocycles. The van der Waals surface area contributed by atoms with Gasteiger partial charge in [-0.2, -0.15) is 4.98 Å². The molecule has 2 amide bonds. The first kappa shape index (κ1) is 15.3. The number of urea groups is 1. The Balaban J connectivity index is 1.56. The fourth-order valence-electron chi connectivity index (χ4n) is 2.50. The van der Waals surface area contributed by atoms with Crippen LogP contribution in [-0.2, 0) is 11.2 Å². The predicted octanol–water partition coefficient (Wildman–Crippen LogP) is 0.802. The second-order valence-corrected chi connectivity index (χ2v) is 5.29. The molecule has 0 atom stereocenters. The summed E-state index contributed by atoms with van der Waals surface area (Å²) in [5.74, 6) is -0.00324. The van der Waals surface area contributed by atoms with Gasteiger partial charge in [-0.3, -0.25) is 4.79 Å². The summed E-state index contributed by atoms with van der Waals surface area (Å²) in [6, 6.07) is -0.223. The number of carbonyl (C=O) groups is 2. The van der Waals surface area contributed by atoms with Gasteiger partial charge in [0.25, 0.3) is 0 Å².